The van der Waals surface area contributed by atoms with Crippen molar-refractivity contribution in [3.05, 3.63) is 23.9 Å². The minimum atomic E-state index is -4.40. The van der Waals surface area contributed by atoms with Crippen molar-refractivity contribution in [1.29, 1.82) is 0 Å². The van der Waals surface area contributed by atoms with Crippen LogP contribution in [0.5, 0.6) is 0 Å². The van der Waals surface area contributed by atoms with Gasteiger partial charge in [-0.05, 0) is 24.0 Å². The third-order valence-corrected chi connectivity index (χ3v) is 5.72. The van der Waals surface area contributed by atoms with Crippen LogP contribution in [0.3, 0.4) is 0 Å². The van der Waals surface area contributed by atoms with Crippen LogP contribution in [-0.4, -0.2) is 59.4 Å². The van der Waals surface area contributed by atoms with Crippen LogP contribution in [0.4, 0.5) is 19.0 Å². The van der Waals surface area contributed by atoms with Crippen molar-refractivity contribution in [2.45, 2.75) is 39.3 Å². The van der Waals surface area contributed by atoms with Gasteiger partial charge >= 0.3 is 6.18 Å². The predicted molar refractivity (Wildman–Crippen MR) is 97.4 cm³/mol. The molecule has 2 fully saturated rings. The van der Waals surface area contributed by atoms with Crippen LogP contribution >= 0.6 is 0 Å². The van der Waals surface area contributed by atoms with Gasteiger partial charge in [0.1, 0.15) is 5.82 Å². The molecule has 0 unspecified atom stereocenters. The number of hydrogen-bond acceptors (Lipinski definition) is 5. The maximum Gasteiger partial charge on any atom is 0.417 e. The zero-order valence-electron chi connectivity index (χ0n) is 16.1. The van der Waals surface area contributed by atoms with Gasteiger partial charge in [-0.1, -0.05) is 13.8 Å². The molecule has 0 saturated carbocycles. The van der Waals surface area contributed by atoms with Gasteiger partial charge in [-0.2, -0.15) is 13.2 Å². The highest BCUT2D eigenvalue weighted by Crippen LogP contribution is 2.35. The van der Waals surface area contributed by atoms with E-state index in [-0.39, 0.29) is 23.9 Å². The lowest BCUT2D eigenvalue weighted by atomic mass is 9.77. The molecule has 0 aromatic carbocycles. The number of hydrogen-bond donors (Lipinski definition) is 0. The predicted octanol–water partition coefficient (Wildman–Crippen LogP) is 2.75. The zero-order chi connectivity index (χ0) is 20.5. The molecule has 3 rings (SSSR count). The molecule has 0 N–H and O–H groups in total. The number of halogens is 3. The summed E-state index contributed by atoms with van der Waals surface area (Å²) >= 11 is 0. The third kappa shape index (κ3) is 4.45. The average molecular weight is 398 g/mol. The molecular formula is C19H25F3N4O2. The second-order valence-corrected chi connectivity index (χ2v) is 7.88. The molecule has 6 nitrogen and oxygen atoms in total. The molecule has 154 valence electrons. The highest BCUT2D eigenvalue weighted by Gasteiger charge is 2.40. The number of piperidine rings is 1. The van der Waals surface area contributed by atoms with E-state index >= 15 is 0 Å². The van der Waals surface area contributed by atoms with E-state index in [0.29, 0.717) is 44.8 Å². The minimum Gasteiger partial charge on any atom is -0.354 e. The van der Waals surface area contributed by atoms with E-state index in [1.54, 1.807) is 0 Å². The van der Waals surface area contributed by atoms with Crippen LogP contribution in [0.2, 0.25) is 0 Å². The number of imide groups is 1. The van der Waals surface area contributed by atoms with Crippen LogP contribution in [0, 0.1) is 5.41 Å². The largest absolute Gasteiger partial charge is 0.417 e. The number of piperazine rings is 1. The van der Waals surface area contributed by atoms with Crippen LogP contribution in [0.25, 0.3) is 0 Å². The molecule has 3 heterocycles. The Morgan fingerprint density at radius 2 is 1.68 bits per heavy atom. The number of carbonyl (C=O) groups excluding carboxylic acids is 2. The van der Waals surface area contributed by atoms with Crippen molar-refractivity contribution in [3.8, 4) is 0 Å². The van der Waals surface area contributed by atoms with Crippen molar-refractivity contribution in [3.63, 3.8) is 0 Å². The Labute approximate surface area is 162 Å². The molecular weight excluding hydrogens is 373 g/mol. The number of pyridine rings is 1. The fraction of sp³-hybridized carbons (Fsp3) is 0.632. The summed E-state index contributed by atoms with van der Waals surface area (Å²) in [6.45, 7) is 6.57. The Balaban J connectivity index is 1.54. The number of anilines is 1. The summed E-state index contributed by atoms with van der Waals surface area (Å²) < 4.78 is 37.9. The van der Waals surface area contributed by atoms with Gasteiger partial charge in [-0.25, -0.2) is 4.98 Å². The summed E-state index contributed by atoms with van der Waals surface area (Å²) in [6.07, 6.45) is -2.00. The van der Waals surface area contributed by atoms with Gasteiger partial charge < -0.3 is 4.90 Å². The Bertz CT molecular complexity index is 710. The number of carbonyl (C=O) groups is 2. The number of rotatable bonds is 4. The summed E-state index contributed by atoms with van der Waals surface area (Å²) in [6, 6.07) is 2.41. The highest BCUT2D eigenvalue weighted by molar-refractivity contribution is 5.98. The first-order chi connectivity index (χ1) is 13.1. The van der Waals surface area contributed by atoms with Crippen molar-refractivity contribution >= 4 is 17.6 Å². The fourth-order valence-corrected chi connectivity index (χ4v) is 3.59. The number of amides is 2. The zero-order valence-corrected chi connectivity index (χ0v) is 16.1. The van der Waals surface area contributed by atoms with Crippen molar-refractivity contribution in [2.24, 2.45) is 5.41 Å². The number of nitrogens with zero attached hydrogens (tertiary/aromatic N) is 4. The van der Waals surface area contributed by atoms with Crippen molar-refractivity contribution in [1.82, 2.24) is 14.8 Å². The Hall–Kier alpha value is -2.16. The Morgan fingerprint density at radius 1 is 1.07 bits per heavy atom. The number of alkyl halides is 3. The Morgan fingerprint density at radius 3 is 2.14 bits per heavy atom. The number of aromatic nitrogens is 1. The van der Waals surface area contributed by atoms with Crippen LogP contribution in [0.15, 0.2) is 18.3 Å². The average Bonchev–Trinajstić information content (AvgIpc) is 2.65. The molecule has 1 aromatic rings. The molecule has 0 spiro atoms. The van der Waals surface area contributed by atoms with Crippen LogP contribution in [0.1, 0.15) is 38.7 Å². The molecule has 2 aliphatic rings. The molecule has 0 aliphatic carbocycles. The van der Waals surface area contributed by atoms with Crippen LogP contribution < -0.4 is 4.90 Å². The van der Waals surface area contributed by atoms with E-state index in [4.69, 9.17) is 0 Å². The monoisotopic (exact) mass is 398 g/mol. The van der Waals surface area contributed by atoms with Gasteiger partial charge in [0.2, 0.25) is 11.8 Å². The van der Waals surface area contributed by atoms with Crippen molar-refractivity contribution in [2.75, 3.05) is 37.7 Å². The van der Waals surface area contributed by atoms with Gasteiger partial charge in [0.25, 0.3) is 0 Å². The van der Waals surface area contributed by atoms with Gasteiger partial charge in [-0.3, -0.25) is 19.4 Å². The van der Waals surface area contributed by atoms with Gasteiger partial charge in [0, 0.05) is 45.2 Å². The normalized spacial score (nSPS) is 21.3. The molecule has 2 saturated heterocycles. The molecule has 0 bridgehead atoms. The fourth-order valence-electron chi connectivity index (χ4n) is 3.59. The van der Waals surface area contributed by atoms with Crippen molar-refractivity contribution < 1.29 is 22.8 Å². The molecule has 2 aliphatic heterocycles. The molecule has 28 heavy (non-hydrogen) atoms. The molecule has 0 radical (unpaired) electrons. The third-order valence-electron chi connectivity index (χ3n) is 5.72. The maximum absolute atomic E-state index is 12.6. The summed E-state index contributed by atoms with van der Waals surface area (Å²) in [5.74, 6) is 0.233. The summed E-state index contributed by atoms with van der Waals surface area (Å²) in [5.41, 5.74) is -1.02. The topological polar surface area (TPSA) is 56.8 Å². The van der Waals surface area contributed by atoms with Gasteiger partial charge in [-0.15, -0.1) is 0 Å². The standard InChI is InChI=1S/C19H25F3N4O2/c1-3-18(2)10-16(27)26(17(28)11-18)13-24-6-8-25(9-7-24)15-5-4-14(12-23-15)19(20,21)22/h4-5,12H,3,6-11,13H2,1-2H3. The highest BCUT2D eigenvalue weighted by atomic mass is 19.4. The van der Waals surface area contributed by atoms with Gasteiger partial charge in [0.05, 0.1) is 12.2 Å². The van der Waals surface area contributed by atoms with E-state index in [2.05, 4.69) is 4.98 Å². The lowest BCUT2D eigenvalue weighted by Crippen LogP contribution is -2.55. The lowest BCUT2D eigenvalue weighted by molar-refractivity contribution is -0.156. The van der Waals surface area contributed by atoms with Crippen LogP contribution in [-0.2, 0) is 15.8 Å². The van der Waals surface area contributed by atoms with E-state index in [0.717, 1.165) is 18.7 Å². The minimum absolute atomic E-state index is 0.132. The summed E-state index contributed by atoms with van der Waals surface area (Å²) in [7, 11) is 0. The van der Waals surface area contributed by atoms with E-state index in [1.807, 2.05) is 23.6 Å². The van der Waals surface area contributed by atoms with Gasteiger partial charge in [0.15, 0.2) is 0 Å². The molecule has 2 amide bonds. The van der Waals surface area contributed by atoms with E-state index in [1.165, 1.54) is 11.0 Å². The number of likely N-dealkylation sites (tertiary alicyclic amines) is 1. The first kappa shape index (κ1) is 20.6. The lowest BCUT2D eigenvalue weighted by Gasteiger charge is -2.41. The molecule has 0 atom stereocenters. The molecule has 9 heteroatoms. The molecule has 1 aromatic heterocycles. The van der Waals surface area contributed by atoms with E-state index in [9.17, 15) is 22.8 Å². The SMILES string of the molecule is CCC1(C)CC(=O)N(CN2CCN(c3ccc(C(F)(F)F)cn3)CC2)C(=O)C1. The first-order valence-electron chi connectivity index (χ1n) is 9.45. The first-order valence-corrected chi connectivity index (χ1v) is 9.45. The second kappa shape index (κ2) is 7.69. The summed E-state index contributed by atoms with van der Waals surface area (Å²) in [4.78, 5) is 34.0. The Kier molecular flexibility index (Phi) is 5.65. The smallest absolute Gasteiger partial charge is 0.354 e. The summed E-state index contributed by atoms with van der Waals surface area (Å²) in [5, 5.41) is 0. The van der Waals surface area contributed by atoms with E-state index < -0.39 is 11.7 Å². The quantitative estimate of drug-likeness (QED) is 0.730. The second-order valence-electron chi connectivity index (χ2n) is 7.88. The maximum atomic E-state index is 12.6.